The van der Waals surface area contributed by atoms with Crippen molar-refractivity contribution in [1.82, 2.24) is 10.3 Å². The summed E-state index contributed by atoms with van der Waals surface area (Å²) in [5.41, 5.74) is 2.20. The van der Waals surface area contributed by atoms with Crippen molar-refractivity contribution in [3.63, 3.8) is 0 Å². The van der Waals surface area contributed by atoms with Crippen LogP contribution >= 0.6 is 12.6 Å². The predicted molar refractivity (Wildman–Crippen MR) is 86.6 cm³/mol. The summed E-state index contributed by atoms with van der Waals surface area (Å²) in [6.45, 7) is 0.488. The van der Waals surface area contributed by atoms with Gasteiger partial charge in [-0.15, -0.1) is 12.6 Å². The summed E-state index contributed by atoms with van der Waals surface area (Å²) in [6, 6.07) is 19.1. The van der Waals surface area contributed by atoms with Gasteiger partial charge in [0.05, 0.1) is 5.52 Å². The number of nitrogens with zero attached hydrogens (tertiary/aromatic N) is 1. The predicted octanol–water partition coefficient (Wildman–Crippen LogP) is 3.45. The van der Waals surface area contributed by atoms with E-state index >= 15 is 0 Å². The fraction of sp³-hybridized carbons (Fsp3) is 0.0588. The quantitative estimate of drug-likeness (QED) is 0.726. The topological polar surface area (TPSA) is 42.0 Å². The SMILES string of the molecule is O=C(NCc1ccccc1)c1ccc2cccc(S)c2n1. The minimum absolute atomic E-state index is 0.183. The number of fused-ring (bicyclic) bond motifs is 1. The van der Waals surface area contributed by atoms with Gasteiger partial charge in [-0.3, -0.25) is 4.79 Å². The largest absolute Gasteiger partial charge is 0.347 e. The molecule has 104 valence electrons. The van der Waals surface area contributed by atoms with Gasteiger partial charge in [0, 0.05) is 16.8 Å². The Morgan fingerprint density at radius 1 is 1.00 bits per heavy atom. The molecule has 0 fully saturated rings. The van der Waals surface area contributed by atoms with E-state index in [4.69, 9.17) is 0 Å². The van der Waals surface area contributed by atoms with E-state index in [0.29, 0.717) is 12.2 Å². The van der Waals surface area contributed by atoms with Gasteiger partial charge in [0.25, 0.3) is 5.91 Å². The molecule has 0 bridgehead atoms. The Labute approximate surface area is 128 Å². The van der Waals surface area contributed by atoms with Crippen LogP contribution in [-0.4, -0.2) is 10.9 Å². The highest BCUT2D eigenvalue weighted by molar-refractivity contribution is 7.80. The van der Waals surface area contributed by atoms with Crippen molar-refractivity contribution in [1.29, 1.82) is 0 Å². The molecule has 0 aliphatic rings. The molecule has 1 amide bonds. The van der Waals surface area contributed by atoms with Gasteiger partial charge in [0.15, 0.2) is 0 Å². The summed E-state index contributed by atoms with van der Waals surface area (Å²) in [5, 5.41) is 3.85. The zero-order chi connectivity index (χ0) is 14.7. The average molecular weight is 294 g/mol. The minimum Gasteiger partial charge on any atom is -0.347 e. The molecule has 1 N–H and O–H groups in total. The number of carbonyl (C=O) groups excluding carboxylic acids is 1. The Morgan fingerprint density at radius 2 is 1.81 bits per heavy atom. The molecule has 0 saturated heterocycles. The molecule has 0 atom stereocenters. The first-order valence-corrected chi connectivity index (χ1v) is 7.09. The van der Waals surface area contributed by atoms with Crippen LogP contribution < -0.4 is 5.32 Å². The van der Waals surface area contributed by atoms with Crippen LogP contribution in [0.3, 0.4) is 0 Å². The van der Waals surface area contributed by atoms with E-state index in [1.807, 2.05) is 54.6 Å². The van der Waals surface area contributed by atoms with E-state index < -0.39 is 0 Å². The lowest BCUT2D eigenvalue weighted by Crippen LogP contribution is -2.23. The smallest absolute Gasteiger partial charge is 0.270 e. The van der Waals surface area contributed by atoms with Crippen molar-refractivity contribution in [3.8, 4) is 0 Å². The number of amides is 1. The average Bonchev–Trinajstić information content (AvgIpc) is 2.54. The zero-order valence-electron chi connectivity index (χ0n) is 11.3. The van der Waals surface area contributed by atoms with Crippen LogP contribution in [0.1, 0.15) is 16.1 Å². The molecule has 1 aromatic heterocycles. The molecule has 0 aliphatic heterocycles. The summed E-state index contributed by atoms with van der Waals surface area (Å²) >= 11 is 4.38. The Bertz CT molecular complexity index is 787. The standard InChI is InChI=1S/C17H14N2OS/c20-17(18-11-12-5-2-1-3-6-12)14-10-9-13-7-4-8-15(21)16(13)19-14/h1-10,21H,11H2,(H,18,20). The van der Waals surface area contributed by atoms with E-state index in [1.165, 1.54) is 0 Å². The van der Waals surface area contributed by atoms with Crippen molar-refractivity contribution in [2.45, 2.75) is 11.4 Å². The highest BCUT2D eigenvalue weighted by Crippen LogP contribution is 2.20. The number of hydrogen-bond donors (Lipinski definition) is 2. The van der Waals surface area contributed by atoms with Crippen LogP contribution in [0.5, 0.6) is 0 Å². The van der Waals surface area contributed by atoms with Crippen LogP contribution in [0, 0.1) is 0 Å². The van der Waals surface area contributed by atoms with Crippen molar-refractivity contribution in [3.05, 3.63) is 71.9 Å². The molecule has 0 spiro atoms. The van der Waals surface area contributed by atoms with Gasteiger partial charge >= 0.3 is 0 Å². The minimum atomic E-state index is -0.183. The first-order chi connectivity index (χ1) is 10.2. The molecule has 3 rings (SSSR count). The zero-order valence-corrected chi connectivity index (χ0v) is 12.2. The highest BCUT2D eigenvalue weighted by Gasteiger charge is 2.09. The van der Waals surface area contributed by atoms with Crippen LogP contribution in [0.2, 0.25) is 0 Å². The Balaban J connectivity index is 1.80. The molecule has 0 radical (unpaired) electrons. The summed E-state index contributed by atoms with van der Waals surface area (Å²) in [5.74, 6) is -0.183. The first-order valence-electron chi connectivity index (χ1n) is 6.65. The Hall–Kier alpha value is -2.33. The molecule has 3 aromatic rings. The van der Waals surface area contributed by atoms with Crippen molar-refractivity contribution in [2.75, 3.05) is 0 Å². The second-order valence-electron chi connectivity index (χ2n) is 4.71. The summed E-state index contributed by atoms with van der Waals surface area (Å²) < 4.78 is 0. The van der Waals surface area contributed by atoms with Crippen LogP contribution in [0.15, 0.2) is 65.6 Å². The third-order valence-corrected chi connectivity index (χ3v) is 3.59. The van der Waals surface area contributed by atoms with Gasteiger partial charge in [-0.1, -0.05) is 48.5 Å². The number of benzene rings is 2. The van der Waals surface area contributed by atoms with Gasteiger partial charge in [-0.05, 0) is 17.7 Å². The lowest BCUT2D eigenvalue weighted by molar-refractivity contribution is 0.0946. The van der Waals surface area contributed by atoms with E-state index in [9.17, 15) is 4.79 Å². The van der Waals surface area contributed by atoms with Gasteiger partial charge < -0.3 is 5.32 Å². The van der Waals surface area contributed by atoms with E-state index in [0.717, 1.165) is 21.4 Å². The van der Waals surface area contributed by atoms with Gasteiger partial charge in [0.2, 0.25) is 0 Å². The lowest BCUT2D eigenvalue weighted by Gasteiger charge is -2.06. The third-order valence-electron chi connectivity index (χ3n) is 3.23. The summed E-state index contributed by atoms with van der Waals surface area (Å²) in [4.78, 5) is 17.3. The third kappa shape index (κ3) is 3.06. The van der Waals surface area contributed by atoms with Crippen LogP contribution in [0.4, 0.5) is 0 Å². The normalized spacial score (nSPS) is 10.5. The molecular weight excluding hydrogens is 280 g/mol. The number of para-hydroxylation sites is 1. The first kappa shape index (κ1) is 13.6. The van der Waals surface area contributed by atoms with E-state index in [1.54, 1.807) is 6.07 Å². The fourth-order valence-corrected chi connectivity index (χ4v) is 2.39. The molecule has 0 aliphatic carbocycles. The number of carbonyl (C=O) groups is 1. The monoisotopic (exact) mass is 294 g/mol. The second kappa shape index (κ2) is 5.97. The van der Waals surface area contributed by atoms with Crippen molar-refractivity contribution in [2.24, 2.45) is 0 Å². The maximum absolute atomic E-state index is 12.2. The summed E-state index contributed by atoms with van der Waals surface area (Å²) in [6.07, 6.45) is 0. The lowest BCUT2D eigenvalue weighted by atomic mass is 10.2. The molecule has 1 heterocycles. The number of hydrogen-bond acceptors (Lipinski definition) is 3. The van der Waals surface area contributed by atoms with Crippen LogP contribution in [-0.2, 0) is 6.54 Å². The Morgan fingerprint density at radius 3 is 2.62 bits per heavy atom. The molecule has 0 saturated carbocycles. The number of rotatable bonds is 3. The number of aromatic nitrogens is 1. The number of nitrogens with one attached hydrogen (secondary N) is 1. The van der Waals surface area contributed by atoms with Crippen molar-refractivity contribution >= 4 is 29.4 Å². The molecule has 3 nitrogen and oxygen atoms in total. The molecule has 21 heavy (non-hydrogen) atoms. The van der Waals surface area contributed by atoms with E-state index in [-0.39, 0.29) is 5.91 Å². The van der Waals surface area contributed by atoms with Gasteiger partial charge in [-0.25, -0.2) is 4.98 Å². The molecule has 0 unspecified atom stereocenters. The maximum atomic E-state index is 12.2. The highest BCUT2D eigenvalue weighted by atomic mass is 32.1. The molecule has 4 heteroatoms. The van der Waals surface area contributed by atoms with Crippen LogP contribution in [0.25, 0.3) is 10.9 Å². The molecular formula is C17H14N2OS. The Kier molecular flexibility index (Phi) is 3.88. The van der Waals surface area contributed by atoms with Gasteiger partial charge in [-0.2, -0.15) is 0 Å². The van der Waals surface area contributed by atoms with Crippen molar-refractivity contribution < 1.29 is 4.79 Å². The maximum Gasteiger partial charge on any atom is 0.270 e. The fourth-order valence-electron chi connectivity index (χ4n) is 2.13. The number of pyridine rings is 1. The summed E-state index contributed by atoms with van der Waals surface area (Å²) in [7, 11) is 0. The van der Waals surface area contributed by atoms with Gasteiger partial charge in [0.1, 0.15) is 5.69 Å². The van der Waals surface area contributed by atoms with E-state index in [2.05, 4.69) is 22.9 Å². The molecule has 2 aromatic carbocycles. The number of thiol groups is 1. The second-order valence-corrected chi connectivity index (χ2v) is 5.20.